The van der Waals surface area contributed by atoms with Gasteiger partial charge in [-0.2, -0.15) is 0 Å². The molecule has 0 amide bonds. The van der Waals surface area contributed by atoms with Crippen LogP contribution in [0.25, 0.3) is 0 Å². The summed E-state index contributed by atoms with van der Waals surface area (Å²) in [5.41, 5.74) is 0.249. The van der Waals surface area contributed by atoms with Gasteiger partial charge in [0.1, 0.15) is 0 Å². The highest BCUT2D eigenvalue weighted by Gasteiger charge is 2.06. The van der Waals surface area contributed by atoms with Gasteiger partial charge in [-0.05, 0) is 47.1 Å². The summed E-state index contributed by atoms with van der Waals surface area (Å²) in [5, 5.41) is 3.50. The lowest BCUT2D eigenvalue weighted by molar-refractivity contribution is 0.00763. The van der Waals surface area contributed by atoms with Crippen molar-refractivity contribution in [1.82, 2.24) is 5.32 Å². The third kappa shape index (κ3) is 13.8. The molecule has 3 heteroatoms. The van der Waals surface area contributed by atoms with Gasteiger partial charge in [0.2, 0.25) is 0 Å². The third-order valence-corrected chi connectivity index (χ3v) is 2.53. The molecule has 0 aliphatic heterocycles. The van der Waals surface area contributed by atoms with Crippen LogP contribution in [0.3, 0.4) is 0 Å². The van der Waals surface area contributed by atoms with Crippen LogP contribution in [0.4, 0.5) is 0 Å². The van der Waals surface area contributed by atoms with Crippen LogP contribution in [-0.2, 0) is 9.47 Å². The predicted octanol–water partition coefficient (Wildman–Crippen LogP) is 2.99. The Balaban J connectivity index is 3.14. The zero-order chi connectivity index (χ0) is 13.1. The predicted molar refractivity (Wildman–Crippen MR) is 73.5 cm³/mol. The molecule has 0 saturated carbocycles. The zero-order valence-electron chi connectivity index (χ0n) is 12.3. The monoisotopic (exact) mass is 245 g/mol. The summed E-state index contributed by atoms with van der Waals surface area (Å²) >= 11 is 0. The average molecular weight is 245 g/mol. The van der Waals surface area contributed by atoms with E-state index < -0.39 is 0 Å². The van der Waals surface area contributed by atoms with Crippen molar-refractivity contribution in [3.05, 3.63) is 0 Å². The first-order chi connectivity index (χ1) is 7.95. The lowest BCUT2D eigenvalue weighted by Crippen LogP contribution is -2.36. The summed E-state index contributed by atoms with van der Waals surface area (Å²) in [6.45, 7) is 11.3. The van der Waals surface area contributed by atoms with E-state index in [9.17, 15) is 0 Å². The van der Waals surface area contributed by atoms with Crippen molar-refractivity contribution in [1.29, 1.82) is 0 Å². The van der Waals surface area contributed by atoms with Crippen LogP contribution in [0.5, 0.6) is 0 Å². The first-order valence-electron chi connectivity index (χ1n) is 6.81. The highest BCUT2D eigenvalue weighted by atomic mass is 16.5. The van der Waals surface area contributed by atoms with Crippen molar-refractivity contribution in [2.75, 3.05) is 26.9 Å². The fraction of sp³-hybridized carbons (Fsp3) is 1.00. The van der Waals surface area contributed by atoms with E-state index in [0.717, 1.165) is 19.6 Å². The number of methoxy groups -OCH3 is 1. The Labute approximate surface area is 107 Å². The van der Waals surface area contributed by atoms with Gasteiger partial charge in [-0.25, -0.2) is 0 Å². The minimum atomic E-state index is 0.225. The number of hydrogen-bond donors (Lipinski definition) is 1. The third-order valence-electron chi connectivity index (χ3n) is 2.53. The molecule has 104 valence electrons. The van der Waals surface area contributed by atoms with Gasteiger partial charge in [-0.1, -0.05) is 12.8 Å². The molecule has 17 heavy (non-hydrogen) atoms. The van der Waals surface area contributed by atoms with Crippen LogP contribution < -0.4 is 5.32 Å². The lowest BCUT2D eigenvalue weighted by Gasteiger charge is -2.20. The molecule has 0 aliphatic carbocycles. The van der Waals surface area contributed by atoms with Crippen molar-refractivity contribution in [2.45, 2.75) is 65.0 Å². The maximum atomic E-state index is 5.60. The molecule has 0 aliphatic rings. The minimum absolute atomic E-state index is 0.225. The van der Waals surface area contributed by atoms with E-state index in [1.807, 2.05) is 0 Å². The largest absolute Gasteiger partial charge is 0.382 e. The molecule has 1 atom stereocenters. The Hall–Kier alpha value is -0.120. The Morgan fingerprint density at radius 1 is 1.06 bits per heavy atom. The molecule has 0 aromatic heterocycles. The SMILES string of the molecule is COCC(C)OCCCCCCNC(C)(C)C. The summed E-state index contributed by atoms with van der Waals surface area (Å²) in [6.07, 6.45) is 5.17. The van der Waals surface area contributed by atoms with Crippen molar-refractivity contribution in [3.8, 4) is 0 Å². The standard InChI is InChI=1S/C14H31NO2/c1-13(12-16-5)17-11-9-7-6-8-10-15-14(2,3)4/h13,15H,6-12H2,1-5H3. The molecule has 0 heterocycles. The molecular formula is C14H31NO2. The summed E-state index contributed by atoms with van der Waals surface area (Å²) < 4.78 is 10.6. The second-order valence-corrected chi connectivity index (χ2v) is 5.73. The second-order valence-electron chi connectivity index (χ2n) is 5.73. The molecule has 0 aromatic rings. The molecule has 1 N–H and O–H groups in total. The van der Waals surface area contributed by atoms with Crippen LogP contribution in [0.15, 0.2) is 0 Å². The number of nitrogens with one attached hydrogen (secondary N) is 1. The van der Waals surface area contributed by atoms with E-state index in [2.05, 4.69) is 33.0 Å². The Kier molecular flexibility index (Phi) is 9.79. The topological polar surface area (TPSA) is 30.5 Å². The summed E-state index contributed by atoms with van der Waals surface area (Å²) in [5.74, 6) is 0. The highest BCUT2D eigenvalue weighted by Crippen LogP contribution is 2.03. The van der Waals surface area contributed by atoms with Gasteiger partial charge in [-0.3, -0.25) is 0 Å². The second kappa shape index (κ2) is 9.86. The first-order valence-corrected chi connectivity index (χ1v) is 6.81. The lowest BCUT2D eigenvalue weighted by atomic mass is 10.1. The van der Waals surface area contributed by atoms with Crippen LogP contribution in [0.1, 0.15) is 53.4 Å². The van der Waals surface area contributed by atoms with Crippen LogP contribution in [0.2, 0.25) is 0 Å². The average Bonchev–Trinajstić information content (AvgIpc) is 2.21. The molecule has 0 rings (SSSR count). The maximum absolute atomic E-state index is 5.60. The molecule has 0 fully saturated rings. The minimum Gasteiger partial charge on any atom is -0.382 e. The zero-order valence-corrected chi connectivity index (χ0v) is 12.3. The van der Waals surface area contributed by atoms with E-state index in [0.29, 0.717) is 6.61 Å². The molecule has 1 unspecified atom stereocenters. The van der Waals surface area contributed by atoms with Crippen molar-refractivity contribution >= 4 is 0 Å². The van der Waals surface area contributed by atoms with Gasteiger partial charge < -0.3 is 14.8 Å². The van der Waals surface area contributed by atoms with Gasteiger partial charge in [0, 0.05) is 19.3 Å². The van der Waals surface area contributed by atoms with Gasteiger partial charge >= 0.3 is 0 Å². The van der Waals surface area contributed by atoms with E-state index in [4.69, 9.17) is 9.47 Å². The number of hydrogen-bond acceptors (Lipinski definition) is 3. The molecular weight excluding hydrogens is 214 g/mol. The molecule has 0 aromatic carbocycles. The van der Waals surface area contributed by atoms with E-state index in [1.165, 1.54) is 19.3 Å². The molecule has 0 radical (unpaired) electrons. The molecule has 3 nitrogen and oxygen atoms in total. The Bertz CT molecular complexity index is 166. The van der Waals surface area contributed by atoms with Gasteiger partial charge in [0.15, 0.2) is 0 Å². The normalized spacial score (nSPS) is 13.9. The summed E-state index contributed by atoms with van der Waals surface area (Å²) in [6, 6.07) is 0. The summed E-state index contributed by atoms with van der Waals surface area (Å²) in [4.78, 5) is 0. The van der Waals surface area contributed by atoms with Crippen LogP contribution >= 0.6 is 0 Å². The van der Waals surface area contributed by atoms with E-state index >= 15 is 0 Å². The molecule has 0 bridgehead atoms. The first kappa shape index (κ1) is 16.9. The van der Waals surface area contributed by atoms with Gasteiger partial charge in [-0.15, -0.1) is 0 Å². The highest BCUT2D eigenvalue weighted by molar-refractivity contribution is 4.69. The molecule has 0 saturated heterocycles. The van der Waals surface area contributed by atoms with Crippen LogP contribution in [-0.4, -0.2) is 38.5 Å². The Morgan fingerprint density at radius 2 is 1.71 bits per heavy atom. The van der Waals surface area contributed by atoms with Crippen LogP contribution in [0, 0.1) is 0 Å². The maximum Gasteiger partial charge on any atom is 0.0780 e. The van der Waals surface area contributed by atoms with Crippen molar-refractivity contribution in [3.63, 3.8) is 0 Å². The Morgan fingerprint density at radius 3 is 2.29 bits per heavy atom. The van der Waals surface area contributed by atoms with Gasteiger partial charge in [0.25, 0.3) is 0 Å². The smallest absolute Gasteiger partial charge is 0.0780 e. The van der Waals surface area contributed by atoms with Crippen molar-refractivity contribution < 1.29 is 9.47 Å². The quantitative estimate of drug-likeness (QED) is 0.600. The number of rotatable bonds is 10. The fourth-order valence-electron chi connectivity index (χ4n) is 1.61. The molecule has 0 spiro atoms. The fourth-order valence-corrected chi connectivity index (χ4v) is 1.61. The number of unbranched alkanes of at least 4 members (excludes halogenated alkanes) is 3. The van der Waals surface area contributed by atoms with E-state index in [-0.39, 0.29) is 11.6 Å². The van der Waals surface area contributed by atoms with E-state index in [1.54, 1.807) is 7.11 Å². The summed E-state index contributed by atoms with van der Waals surface area (Å²) in [7, 11) is 1.71. The number of ether oxygens (including phenoxy) is 2. The van der Waals surface area contributed by atoms with Crippen molar-refractivity contribution in [2.24, 2.45) is 0 Å². The van der Waals surface area contributed by atoms with Gasteiger partial charge in [0.05, 0.1) is 12.7 Å².